The number of ether oxygens (including phenoxy) is 1. The molecule has 1 aromatic rings. The lowest BCUT2D eigenvalue weighted by molar-refractivity contribution is -0.124. The summed E-state index contributed by atoms with van der Waals surface area (Å²) in [5, 5.41) is 0. The molecule has 1 aromatic carbocycles. The molecule has 0 aliphatic rings. The molecule has 5 heteroatoms. The van der Waals surface area contributed by atoms with Crippen LogP contribution in [0.2, 0.25) is 0 Å². The highest BCUT2D eigenvalue weighted by Crippen LogP contribution is 2.18. The second kappa shape index (κ2) is 4.45. The Morgan fingerprint density at radius 3 is 2.40 bits per heavy atom. The van der Waals surface area contributed by atoms with Crippen LogP contribution in [0.25, 0.3) is 0 Å². The molecule has 1 atom stereocenters. The standard InChI is InChI=1S/C10H12N2O3/c1-6(9(11)13)15-8-5-3-2-4-7(8)10(12)14/h2-6H,1H3,(H2,11,13)(H2,12,14). The second-order valence-corrected chi connectivity index (χ2v) is 3.02. The average molecular weight is 208 g/mol. The molecule has 1 rings (SSSR count). The van der Waals surface area contributed by atoms with Crippen LogP contribution in [0.3, 0.4) is 0 Å². The minimum atomic E-state index is -0.800. The van der Waals surface area contributed by atoms with Gasteiger partial charge in [0.05, 0.1) is 5.56 Å². The van der Waals surface area contributed by atoms with Gasteiger partial charge in [-0.15, -0.1) is 0 Å². The van der Waals surface area contributed by atoms with E-state index < -0.39 is 17.9 Å². The summed E-state index contributed by atoms with van der Waals surface area (Å²) in [4.78, 5) is 21.8. The number of carbonyl (C=O) groups excluding carboxylic acids is 2. The number of hydrogen-bond acceptors (Lipinski definition) is 3. The van der Waals surface area contributed by atoms with Gasteiger partial charge in [-0.05, 0) is 19.1 Å². The minimum Gasteiger partial charge on any atom is -0.480 e. The molecule has 0 bridgehead atoms. The number of benzene rings is 1. The van der Waals surface area contributed by atoms with Crippen molar-refractivity contribution in [3.05, 3.63) is 29.8 Å². The van der Waals surface area contributed by atoms with Crippen LogP contribution in [0.4, 0.5) is 0 Å². The zero-order valence-corrected chi connectivity index (χ0v) is 8.27. The van der Waals surface area contributed by atoms with E-state index in [4.69, 9.17) is 16.2 Å². The van der Waals surface area contributed by atoms with E-state index in [-0.39, 0.29) is 11.3 Å². The second-order valence-electron chi connectivity index (χ2n) is 3.02. The Hall–Kier alpha value is -2.04. The molecule has 0 spiro atoms. The van der Waals surface area contributed by atoms with Crippen LogP contribution in [0.5, 0.6) is 5.75 Å². The molecule has 1 unspecified atom stereocenters. The number of carbonyl (C=O) groups is 2. The Morgan fingerprint density at radius 2 is 1.87 bits per heavy atom. The summed E-state index contributed by atoms with van der Waals surface area (Å²) in [6.07, 6.45) is -0.800. The van der Waals surface area contributed by atoms with E-state index in [1.54, 1.807) is 18.2 Å². The van der Waals surface area contributed by atoms with Crippen LogP contribution in [-0.2, 0) is 4.79 Å². The molecule has 0 aromatic heterocycles. The maximum absolute atomic E-state index is 11.0. The smallest absolute Gasteiger partial charge is 0.258 e. The van der Waals surface area contributed by atoms with Crippen molar-refractivity contribution in [3.63, 3.8) is 0 Å². The molecular weight excluding hydrogens is 196 g/mol. The molecule has 15 heavy (non-hydrogen) atoms. The molecule has 5 nitrogen and oxygen atoms in total. The van der Waals surface area contributed by atoms with Gasteiger partial charge in [0.2, 0.25) is 0 Å². The van der Waals surface area contributed by atoms with E-state index in [1.807, 2.05) is 0 Å². The number of para-hydroxylation sites is 1. The first kappa shape index (κ1) is 11.0. The summed E-state index contributed by atoms with van der Waals surface area (Å²) in [6.45, 7) is 1.50. The average Bonchev–Trinajstić information content (AvgIpc) is 2.18. The summed E-state index contributed by atoms with van der Waals surface area (Å²) in [5.41, 5.74) is 10.4. The summed E-state index contributed by atoms with van der Waals surface area (Å²) in [7, 11) is 0. The molecule has 0 aliphatic carbocycles. The van der Waals surface area contributed by atoms with E-state index >= 15 is 0 Å². The van der Waals surface area contributed by atoms with Crippen LogP contribution in [0.1, 0.15) is 17.3 Å². The Labute approximate surface area is 87.0 Å². The first-order chi connectivity index (χ1) is 7.02. The Bertz CT molecular complexity index is 390. The molecule has 80 valence electrons. The number of amides is 2. The van der Waals surface area contributed by atoms with Crippen molar-refractivity contribution in [1.29, 1.82) is 0 Å². The van der Waals surface area contributed by atoms with Gasteiger partial charge < -0.3 is 16.2 Å². The van der Waals surface area contributed by atoms with Gasteiger partial charge in [-0.1, -0.05) is 12.1 Å². The molecular formula is C10H12N2O3. The first-order valence-electron chi connectivity index (χ1n) is 4.37. The molecule has 0 aliphatic heterocycles. The fourth-order valence-electron chi connectivity index (χ4n) is 1.02. The van der Waals surface area contributed by atoms with Crippen molar-refractivity contribution in [2.75, 3.05) is 0 Å². The van der Waals surface area contributed by atoms with Crippen molar-refractivity contribution in [1.82, 2.24) is 0 Å². The lowest BCUT2D eigenvalue weighted by atomic mass is 10.2. The quantitative estimate of drug-likeness (QED) is 0.731. The fraction of sp³-hybridized carbons (Fsp3) is 0.200. The van der Waals surface area contributed by atoms with Gasteiger partial charge in [0.1, 0.15) is 5.75 Å². The molecule has 4 N–H and O–H groups in total. The molecule has 0 saturated carbocycles. The lowest BCUT2D eigenvalue weighted by Crippen LogP contribution is -2.31. The zero-order chi connectivity index (χ0) is 11.4. The number of hydrogen-bond donors (Lipinski definition) is 2. The predicted molar refractivity (Wildman–Crippen MR) is 54.2 cm³/mol. The first-order valence-corrected chi connectivity index (χ1v) is 4.37. The van der Waals surface area contributed by atoms with Crippen LogP contribution < -0.4 is 16.2 Å². The van der Waals surface area contributed by atoms with Crippen LogP contribution >= 0.6 is 0 Å². The molecule has 0 saturated heterocycles. The summed E-state index contributed by atoms with van der Waals surface area (Å²) >= 11 is 0. The Morgan fingerprint density at radius 1 is 1.27 bits per heavy atom. The van der Waals surface area contributed by atoms with Crippen LogP contribution in [0.15, 0.2) is 24.3 Å². The minimum absolute atomic E-state index is 0.227. The third kappa shape index (κ3) is 2.70. The summed E-state index contributed by atoms with van der Waals surface area (Å²) in [5.74, 6) is -0.951. The third-order valence-electron chi connectivity index (χ3n) is 1.86. The van der Waals surface area contributed by atoms with E-state index in [0.29, 0.717) is 0 Å². The maximum Gasteiger partial charge on any atom is 0.258 e. The van der Waals surface area contributed by atoms with Gasteiger partial charge in [0.25, 0.3) is 11.8 Å². The van der Waals surface area contributed by atoms with E-state index in [9.17, 15) is 9.59 Å². The van der Waals surface area contributed by atoms with Gasteiger partial charge in [0, 0.05) is 0 Å². The van der Waals surface area contributed by atoms with Gasteiger partial charge in [-0.25, -0.2) is 0 Å². The van der Waals surface area contributed by atoms with Crippen LogP contribution in [-0.4, -0.2) is 17.9 Å². The topological polar surface area (TPSA) is 95.4 Å². The van der Waals surface area contributed by atoms with Crippen molar-refractivity contribution in [2.45, 2.75) is 13.0 Å². The van der Waals surface area contributed by atoms with Gasteiger partial charge in [-0.2, -0.15) is 0 Å². The third-order valence-corrected chi connectivity index (χ3v) is 1.86. The highest BCUT2D eigenvalue weighted by atomic mass is 16.5. The lowest BCUT2D eigenvalue weighted by Gasteiger charge is -2.13. The monoisotopic (exact) mass is 208 g/mol. The summed E-state index contributed by atoms with van der Waals surface area (Å²) in [6, 6.07) is 6.41. The van der Waals surface area contributed by atoms with Crippen molar-refractivity contribution in [2.24, 2.45) is 11.5 Å². The van der Waals surface area contributed by atoms with Crippen LogP contribution in [0, 0.1) is 0 Å². The van der Waals surface area contributed by atoms with Gasteiger partial charge in [-0.3, -0.25) is 9.59 Å². The molecule has 0 fully saturated rings. The Balaban J connectivity index is 2.94. The van der Waals surface area contributed by atoms with E-state index in [2.05, 4.69) is 0 Å². The molecule has 0 radical (unpaired) electrons. The van der Waals surface area contributed by atoms with Gasteiger partial charge >= 0.3 is 0 Å². The molecule has 2 amide bonds. The number of rotatable bonds is 4. The largest absolute Gasteiger partial charge is 0.480 e. The van der Waals surface area contributed by atoms with Crippen molar-refractivity contribution >= 4 is 11.8 Å². The normalized spacial score (nSPS) is 11.8. The molecule has 0 heterocycles. The van der Waals surface area contributed by atoms with Crippen molar-refractivity contribution < 1.29 is 14.3 Å². The highest BCUT2D eigenvalue weighted by Gasteiger charge is 2.14. The number of primary amides is 2. The predicted octanol–water partition coefficient (Wildman–Crippen LogP) is 0.0381. The maximum atomic E-state index is 11.0. The highest BCUT2D eigenvalue weighted by molar-refractivity contribution is 5.95. The SMILES string of the molecule is CC(Oc1ccccc1C(N)=O)C(N)=O. The summed E-state index contributed by atoms with van der Waals surface area (Å²) < 4.78 is 5.19. The van der Waals surface area contributed by atoms with E-state index in [0.717, 1.165) is 0 Å². The number of nitrogens with two attached hydrogens (primary N) is 2. The van der Waals surface area contributed by atoms with Crippen molar-refractivity contribution in [3.8, 4) is 5.75 Å². The van der Waals surface area contributed by atoms with Gasteiger partial charge in [0.15, 0.2) is 6.10 Å². The van der Waals surface area contributed by atoms with E-state index in [1.165, 1.54) is 13.0 Å². The fourth-order valence-corrected chi connectivity index (χ4v) is 1.02. The zero-order valence-electron chi connectivity index (χ0n) is 8.27. The Kier molecular flexibility index (Phi) is 3.28.